The summed E-state index contributed by atoms with van der Waals surface area (Å²) < 4.78 is 1.83. The predicted octanol–water partition coefficient (Wildman–Crippen LogP) is 4.61. The number of pyridine rings is 1. The summed E-state index contributed by atoms with van der Waals surface area (Å²) in [4.78, 5) is 9.38. The minimum atomic E-state index is 0.865. The Morgan fingerprint density at radius 1 is 0.680 bits per heavy atom. The van der Waals surface area contributed by atoms with Crippen LogP contribution in [0.5, 0.6) is 0 Å². The molecule has 0 bridgehead atoms. The van der Waals surface area contributed by atoms with Crippen molar-refractivity contribution in [1.82, 2.24) is 19.6 Å². The summed E-state index contributed by atoms with van der Waals surface area (Å²) in [5, 5.41) is 5.63. The van der Waals surface area contributed by atoms with Crippen LogP contribution in [-0.2, 0) is 0 Å². The first-order valence-corrected chi connectivity index (χ1v) is 8.15. The summed E-state index contributed by atoms with van der Waals surface area (Å²) in [7, 11) is 0. The van der Waals surface area contributed by atoms with E-state index in [1.165, 1.54) is 0 Å². The lowest BCUT2D eigenvalue weighted by Crippen LogP contribution is -1.94. The van der Waals surface area contributed by atoms with Crippen molar-refractivity contribution in [2.45, 2.75) is 0 Å². The third-order valence-corrected chi connectivity index (χ3v) is 4.32. The predicted molar refractivity (Wildman–Crippen MR) is 99.2 cm³/mol. The van der Waals surface area contributed by atoms with Crippen molar-refractivity contribution in [2.24, 2.45) is 0 Å². The Labute approximate surface area is 144 Å². The minimum Gasteiger partial charge on any atom is -0.256 e. The van der Waals surface area contributed by atoms with Gasteiger partial charge in [-0.15, -0.1) is 0 Å². The smallest absolute Gasteiger partial charge is 0.163 e. The molecule has 25 heavy (non-hydrogen) atoms. The Kier molecular flexibility index (Phi) is 3.07. The van der Waals surface area contributed by atoms with E-state index in [-0.39, 0.29) is 0 Å². The van der Waals surface area contributed by atoms with Gasteiger partial charge in [-0.1, -0.05) is 42.5 Å². The summed E-state index contributed by atoms with van der Waals surface area (Å²) in [6.07, 6.45) is 3.78. The van der Waals surface area contributed by atoms with Crippen LogP contribution in [0.3, 0.4) is 0 Å². The van der Waals surface area contributed by atoms with Gasteiger partial charge in [-0.3, -0.25) is 4.98 Å². The van der Waals surface area contributed by atoms with Gasteiger partial charge in [0.25, 0.3) is 0 Å². The third kappa shape index (κ3) is 2.27. The number of nitrogens with zero attached hydrogens (tertiary/aromatic N) is 4. The molecule has 5 rings (SSSR count). The molecule has 0 aliphatic heterocycles. The summed E-state index contributed by atoms with van der Waals surface area (Å²) in [6.45, 7) is 0. The summed E-state index contributed by atoms with van der Waals surface area (Å²) in [6, 6.07) is 24.2. The van der Waals surface area contributed by atoms with Crippen LogP contribution in [0.4, 0.5) is 0 Å². The van der Waals surface area contributed by atoms with Gasteiger partial charge in [-0.25, -0.2) is 9.50 Å². The normalized spacial score (nSPS) is 11.2. The van der Waals surface area contributed by atoms with Crippen molar-refractivity contribution in [3.63, 3.8) is 0 Å². The molecule has 3 heterocycles. The number of benzene rings is 2. The van der Waals surface area contributed by atoms with Crippen molar-refractivity contribution in [3.05, 3.63) is 85.2 Å². The highest BCUT2D eigenvalue weighted by atomic mass is 15.2. The van der Waals surface area contributed by atoms with Crippen molar-refractivity contribution in [1.29, 1.82) is 0 Å². The number of fused-ring (bicyclic) bond motifs is 3. The van der Waals surface area contributed by atoms with E-state index in [1.54, 1.807) is 0 Å². The molecule has 5 aromatic rings. The molecule has 0 saturated carbocycles. The molecular formula is C21H14N4. The Morgan fingerprint density at radius 2 is 1.44 bits per heavy atom. The van der Waals surface area contributed by atoms with E-state index in [2.05, 4.69) is 28.3 Å². The molecule has 4 nitrogen and oxygen atoms in total. The van der Waals surface area contributed by atoms with E-state index < -0.39 is 0 Å². The molecular weight excluding hydrogens is 308 g/mol. The fraction of sp³-hybridized carbons (Fsp3) is 0. The van der Waals surface area contributed by atoms with Crippen LogP contribution in [0.2, 0.25) is 0 Å². The number of hydrogen-bond acceptors (Lipinski definition) is 3. The Hall–Kier alpha value is -3.53. The van der Waals surface area contributed by atoms with E-state index >= 15 is 0 Å². The van der Waals surface area contributed by atoms with Crippen LogP contribution in [0, 0.1) is 0 Å². The van der Waals surface area contributed by atoms with Gasteiger partial charge >= 0.3 is 0 Å². The Bertz CT molecular complexity index is 1190. The molecule has 4 heteroatoms. The maximum atomic E-state index is 4.89. The van der Waals surface area contributed by atoms with Crippen molar-refractivity contribution in [3.8, 4) is 22.5 Å². The first-order valence-electron chi connectivity index (χ1n) is 8.15. The first kappa shape index (κ1) is 13.9. The second-order valence-electron chi connectivity index (χ2n) is 5.86. The van der Waals surface area contributed by atoms with Crippen molar-refractivity contribution >= 4 is 16.6 Å². The van der Waals surface area contributed by atoms with E-state index in [1.807, 2.05) is 71.5 Å². The number of rotatable bonds is 2. The molecule has 118 valence electrons. The van der Waals surface area contributed by atoms with Crippen molar-refractivity contribution in [2.75, 3.05) is 0 Å². The van der Waals surface area contributed by atoms with Crippen LogP contribution in [0.25, 0.3) is 39.1 Å². The standard InChI is InChI=1S/C21H14N4/c1-2-8-16(15(7-1)18-10-5-6-13-22-18)19-12-14-25-21(23-19)17-9-3-4-11-20(17)24-25/h1-14H. The molecule has 0 atom stereocenters. The Balaban J connectivity index is 1.75. The molecule has 0 aliphatic carbocycles. The molecule has 0 spiro atoms. The lowest BCUT2D eigenvalue weighted by atomic mass is 10.0. The van der Waals surface area contributed by atoms with Crippen LogP contribution in [-0.4, -0.2) is 19.6 Å². The van der Waals surface area contributed by atoms with Gasteiger partial charge in [0.15, 0.2) is 5.65 Å². The number of hydrogen-bond donors (Lipinski definition) is 0. The second kappa shape index (κ2) is 5.53. The van der Waals surface area contributed by atoms with Crippen LogP contribution < -0.4 is 0 Å². The molecule has 0 amide bonds. The van der Waals surface area contributed by atoms with Crippen LogP contribution >= 0.6 is 0 Å². The molecule has 3 aromatic heterocycles. The van der Waals surface area contributed by atoms with Crippen LogP contribution in [0.15, 0.2) is 85.2 Å². The Morgan fingerprint density at radius 3 is 2.28 bits per heavy atom. The maximum Gasteiger partial charge on any atom is 0.163 e. The van der Waals surface area contributed by atoms with Gasteiger partial charge in [-0.2, -0.15) is 5.10 Å². The third-order valence-electron chi connectivity index (χ3n) is 4.32. The molecule has 0 fully saturated rings. The van der Waals surface area contributed by atoms with Gasteiger partial charge in [0.1, 0.15) is 0 Å². The topological polar surface area (TPSA) is 43.1 Å². The molecule has 0 radical (unpaired) electrons. The first-order chi connectivity index (χ1) is 12.4. The minimum absolute atomic E-state index is 0.865. The van der Waals surface area contributed by atoms with E-state index in [0.29, 0.717) is 0 Å². The summed E-state index contributed by atoms with van der Waals surface area (Å²) >= 11 is 0. The zero-order chi connectivity index (χ0) is 16.6. The molecule has 0 N–H and O–H groups in total. The van der Waals surface area contributed by atoms with Gasteiger partial charge in [0.2, 0.25) is 0 Å². The fourth-order valence-electron chi connectivity index (χ4n) is 3.15. The highest BCUT2D eigenvalue weighted by Crippen LogP contribution is 2.30. The van der Waals surface area contributed by atoms with E-state index in [9.17, 15) is 0 Å². The highest BCUT2D eigenvalue weighted by molar-refractivity contribution is 5.93. The van der Waals surface area contributed by atoms with Gasteiger partial charge in [-0.05, 0) is 30.3 Å². The lowest BCUT2D eigenvalue weighted by molar-refractivity contribution is 0.958. The van der Waals surface area contributed by atoms with E-state index in [4.69, 9.17) is 4.98 Å². The van der Waals surface area contributed by atoms with Gasteiger partial charge < -0.3 is 0 Å². The largest absolute Gasteiger partial charge is 0.256 e. The lowest BCUT2D eigenvalue weighted by Gasteiger charge is -2.08. The quantitative estimate of drug-likeness (QED) is 0.476. The van der Waals surface area contributed by atoms with E-state index in [0.717, 1.165) is 39.1 Å². The second-order valence-corrected chi connectivity index (χ2v) is 5.86. The van der Waals surface area contributed by atoms with Crippen molar-refractivity contribution < 1.29 is 0 Å². The fourth-order valence-corrected chi connectivity index (χ4v) is 3.15. The average Bonchev–Trinajstić information content (AvgIpc) is 3.06. The molecule has 0 saturated heterocycles. The molecule has 0 aliphatic rings. The van der Waals surface area contributed by atoms with Gasteiger partial charge in [0, 0.05) is 28.9 Å². The highest BCUT2D eigenvalue weighted by Gasteiger charge is 2.11. The van der Waals surface area contributed by atoms with Crippen LogP contribution in [0.1, 0.15) is 0 Å². The summed E-state index contributed by atoms with van der Waals surface area (Å²) in [5.41, 5.74) is 5.81. The number of aromatic nitrogens is 4. The zero-order valence-corrected chi connectivity index (χ0v) is 13.4. The summed E-state index contributed by atoms with van der Waals surface area (Å²) in [5.74, 6) is 0. The molecule has 2 aromatic carbocycles. The monoisotopic (exact) mass is 322 g/mol. The van der Waals surface area contributed by atoms with Gasteiger partial charge in [0.05, 0.1) is 16.9 Å². The molecule has 0 unspecified atom stereocenters. The average molecular weight is 322 g/mol. The zero-order valence-electron chi connectivity index (χ0n) is 13.4. The maximum absolute atomic E-state index is 4.89. The SMILES string of the molecule is c1ccc(-c2ccccc2-c2ccn3nc4ccccc4c3n2)nc1.